The molecule has 7 nitrogen and oxygen atoms in total. The Hall–Kier alpha value is -3.68. The van der Waals surface area contributed by atoms with Crippen LogP contribution in [-0.4, -0.2) is 53.6 Å². The number of hydrogen-bond donors (Lipinski definition) is 0. The van der Waals surface area contributed by atoms with Crippen LogP contribution in [0.2, 0.25) is 0 Å². The minimum Gasteiger partial charge on any atom is -0.497 e. The summed E-state index contributed by atoms with van der Waals surface area (Å²) in [5, 5.41) is 0. The van der Waals surface area contributed by atoms with E-state index in [0.717, 1.165) is 11.4 Å². The Kier molecular flexibility index (Phi) is 6.72. The standard InChI is InChI=1S/C25H27FN4O3/c1-3-20-16-23(31)30(25(27-20)18-4-6-19(26)7-5-18)17-24(32)29-14-12-28(13-15-29)21-8-10-22(33-2)11-9-21/h4-11,16H,3,12-15,17H2,1-2H3. The fourth-order valence-corrected chi connectivity index (χ4v) is 3.95. The number of benzene rings is 2. The third-order valence-electron chi connectivity index (χ3n) is 5.89. The Morgan fingerprint density at radius 2 is 1.70 bits per heavy atom. The molecule has 0 saturated carbocycles. The summed E-state index contributed by atoms with van der Waals surface area (Å²) < 4.78 is 20.0. The lowest BCUT2D eigenvalue weighted by molar-refractivity contribution is -0.132. The van der Waals surface area contributed by atoms with Gasteiger partial charge in [0.1, 0.15) is 23.9 Å². The average Bonchev–Trinajstić information content (AvgIpc) is 2.85. The number of rotatable bonds is 6. The molecular weight excluding hydrogens is 423 g/mol. The number of anilines is 1. The highest BCUT2D eigenvalue weighted by atomic mass is 19.1. The number of carbonyl (C=O) groups excluding carboxylic acids is 1. The van der Waals surface area contributed by atoms with Crippen molar-refractivity contribution in [3.63, 3.8) is 0 Å². The number of aromatic nitrogens is 2. The first-order valence-corrected chi connectivity index (χ1v) is 11.0. The molecule has 8 heteroatoms. The summed E-state index contributed by atoms with van der Waals surface area (Å²) in [6.07, 6.45) is 0.589. The van der Waals surface area contributed by atoms with E-state index in [1.807, 2.05) is 31.2 Å². The second kappa shape index (κ2) is 9.85. The van der Waals surface area contributed by atoms with Crippen molar-refractivity contribution in [2.45, 2.75) is 19.9 Å². The zero-order valence-corrected chi connectivity index (χ0v) is 18.8. The monoisotopic (exact) mass is 450 g/mol. The molecule has 172 valence electrons. The van der Waals surface area contributed by atoms with E-state index in [0.29, 0.717) is 49.7 Å². The molecule has 3 aromatic rings. The zero-order chi connectivity index (χ0) is 23.4. The molecule has 1 aromatic heterocycles. The smallest absolute Gasteiger partial charge is 0.254 e. The molecule has 4 rings (SSSR count). The molecule has 2 heterocycles. The third-order valence-corrected chi connectivity index (χ3v) is 5.89. The summed E-state index contributed by atoms with van der Waals surface area (Å²) in [6.45, 7) is 4.33. The minimum absolute atomic E-state index is 0.106. The second-order valence-electron chi connectivity index (χ2n) is 7.92. The average molecular weight is 451 g/mol. The number of hydrogen-bond acceptors (Lipinski definition) is 5. The molecule has 1 fully saturated rings. The summed E-state index contributed by atoms with van der Waals surface area (Å²) in [5.41, 5.74) is 2.03. The molecule has 0 aliphatic carbocycles. The Bertz CT molecular complexity index is 1170. The Morgan fingerprint density at radius 3 is 2.30 bits per heavy atom. The number of methoxy groups -OCH3 is 1. The SMILES string of the molecule is CCc1cc(=O)n(CC(=O)N2CCN(c3ccc(OC)cc3)CC2)c(-c2ccc(F)cc2)n1. The van der Waals surface area contributed by atoms with Crippen LogP contribution in [0.5, 0.6) is 5.75 Å². The topological polar surface area (TPSA) is 67.7 Å². The molecule has 1 saturated heterocycles. The van der Waals surface area contributed by atoms with Gasteiger partial charge in [-0.2, -0.15) is 0 Å². The highest BCUT2D eigenvalue weighted by Gasteiger charge is 2.23. The predicted molar refractivity (Wildman–Crippen MR) is 125 cm³/mol. The van der Waals surface area contributed by atoms with Crippen molar-refractivity contribution >= 4 is 11.6 Å². The van der Waals surface area contributed by atoms with Crippen molar-refractivity contribution in [1.82, 2.24) is 14.5 Å². The maximum absolute atomic E-state index is 13.4. The number of carbonyl (C=O) groups is 1. The highest BCUT2D eigenvalue weighted by molar-refractivity contribution is 5.77. The summed E-state index contributed by atoms with van der Waals surface area (Å²) >= 11 is 0. The van der Waals surface area contributed by atoms with Crippen LogP contribution in [0.3, 0.4) is 0 Å². The Labute approximate surface area is 192 Å². The molecule has 1 amide bonds. The summed E-state index contributed by atoms with van der Waals surface area (Å²) in [7, 11) is 1.64. The van der Waals surface area contributed by atoms with Crippen LogP contribution in [0.1, 0.15) is 12.6 Å². The Balaban J connectivity index is 1.49. The van der Waals surface area contributed by atoms with Gasteiger partial charge in [-0.1, -0.05) is 6.92 Å². The number of piperazine rings is 1. The van der Waals surface area contributed by atoms with Gasteiger partial charge in [0, 0.05) is 49.2 Å². The van der Waals surface area contributed by atoms with Gasteiger partial charge in [0.05, 0.1) is 7.11 Å². The first-order valence-electron chi connectivity index (χ1n) is 11.0. The number of nitrogens with zero attached hydrogens (tertiary/aromatic N) is 4. The zero-order valence-electron chi connectivity index (χ0n) is 18.8. The molecule has 1 aliphatic rings. The molecule has 0 N–H and O–H groups in total. The number of aryl methyl sites for hydroxylation is 1. The van der Waals surface area contributed by atoms with Gasteiger partial charge in [-0.3, -0.25) is 14.2 Å². The van der Waals surface area contributed by atoms with Crippen molar-refractivity contribution in [3.05, 3.63) is 76.5 Å². The van der Waals surface area contributed by atoms with Crippen LogP contribution in [0.4, 0.5) is 10.1 Å². The molecule has 0 bridgehead atoms. The Morgan fingerprint density at radius 1 is 1.03 bits per heavy atom. The van der Waals surface area contributed by atoms with E-state index in [9.17, 15) is 14.0 Å². The van der Waals surface area contributed by atoms with Gasteiger partial charge in [-0.05, 0) is 55.0 Å². The fourth-order valence-electron chi connectivity index (χ4n) is 3.95. The first kappa shape index (κ1) is 22.5. The van der Waals surface area contributed by atoms with Crippen LogP contribution < -0.4 is 15.2 Å². The molecule has 0 radical (unpaired) electrons. The number of ether oxygens (including phenoxy) is 1. The molecule has 33 heavy (non-hydrogen) atoms. The van der Waals surface area contributed by atoms with E-state index in [1.54, 1.807) is 24.1 Å². The number of amides is 1. The quantitative estimate of drug-likeness (QED) is 0.578. The van der Waals surface area contributed by atoms with Gasteiger partial charge in [-0.25, -0.2) is 9.37 Å². The van der Waals surface area contributed by atoms with Crippen molar-refractivity contribution in [2.24, 2.45) is 0 Å². The van der Waals surface area contributed by atoms with E-state index >= 15 is 0 Å². The van der Waals surface area contributed by atoms with Gasteiger partial charge >= 0.3 is 0 Å². The van der Waals surface area contributed by atoms with Crippen molar-refractivity contribution in [3.8, 4) is 17.1 Å². The molecule has 1 aliphatic heterocycles. The summed E-state index contributed by atoms with van der Waals surface area (Å²) in [5.74, 6) is 0.674. The van der Waals surface area contributed by atoms with Crippen LogP contribution in [0.15, 0.2) is 59.4 Å². The van der Waals surface area contributed by atoms with Crippen molar-refractivity contribution in [2.75, 3.05) is 38.2 Å². The van der Waals surface area contributed by atoms with Gasteiger partial charge in [-0.15, -0.1) is 0 Å². The van der Waals surface area contributed by atoms with E-state index in [-0.39, 0.29) is 23.8 Å². The van der Waals surface area contributed by atoms with Crippen molar-refractivity contribution < 1.29 is 13.9 Å². The number of halogens is 1. The van der Waals surface area contributed by atoms with E-state index < -0.39 is 0 Å². The lowest BCUT2D eigenvalue weighted by Gasteiger charge is -2.36. The van der Waals surface area contributed by atoms with Gasteiger partial charge in [0.25, 0.3) is 5.56 Å². The van der Waals surface area contributed by atoms with Crippen molar-refractivity contribution in [1.29, 1.82) is 0 Å². The van der Waals surface area contributed by atoms with E-state index in [4.69, 9.17) is 4.74 Å². The lowest BCUT2D eigenvalue weighted by atomic mass is 10.2. The maximum atomic E-state index is 13.4. The molecule has 0 unspecified atom stereocenters. The van der Waals surface area contributed by atoms with Crippen LogP contribution in [-0.2, 0) is 17.8 Å². The highest BCUT2D eigenvalue weighted by Crippen LogP contribution is 2.21. The first-order chi connectivity index (χ1) is 16.0. The van der Waals surface area contributed by atoms with E-state index in [1.165, 1.54) is 22.8 Å². The van der Waals surface area contributed by atoms with Gasteiger partial charge < -0.3 is 14.5 Å². The van der Waals surface area contributed by atoms with Crippen LogP contribution in [0.25, 0.3) is 11.4 Å². The molecule has 2 aromatic carbocycles. The molecule has 0 spiro atoms. The normalized spacial score (nSPS) is 13.8. The predicted octanol–water partition coefficient (Wildman–Crippen LogP) is 2.97. The van der Waals surface area contributed by atoms with Crippen LogP contribution >= 0.6 is 0 Å². The van der Waals surface area contributed by atoms with Crippen LogP contribution in [0, 0.1) is 5.82 Å². The molecule has 0 atom stereocenters. The second-order valence-corrected chi connectivity index (χ2v) is 7.92. The molecular formula is C25H27FN4O3. The largest absolute Gasteiger partial charge is 0.497 e. The fraction of sp³-hybridized carbons (Fsp3) is 0.320. The summed E-state index contributed by atoms with van der Waals surface area (Å²) in [6, 6.07) is 15.1. The maximum Gasteiger partial charge on any atom is 0.254 e. The third kappa shape index (κ3) is 5.05. The lowest BCUT2D eigenvalue weighted by Crippen LogP contribution is -2.50. The van der Waals surface area contributed by atoms with Gasteiger partial charge in [0.2, 0.25) is 5.91 Å². The van der Waals surface area contributed by atoms with E-state index in [2.05, 4.69) is 9.88 Å². The summed E-state index contributed by atoms with van der Waals surface area (Å²) in [4.78, 5) is 34.5. The van der Waals surface area contributed by atoms with Gasteiger partial charge in [0.15, 0.2) is 0 Å². The minimum atomic E-state index is -0.370.